The van der Waals surface area contributed by atoms with Gasteiger partial charge >= 0.3 is 0 Å². The Morgan fingerprint density at radius 3 is 2.70 bits per heavy atom. The molecular weight excluding hydrogens is 347 g/mol. The number of hydrogen-bond acceptors (Lipinski definition) is 3. The maximum Gasteiger partial charge on any atom is 0.125 e. The molecule has 2 aromatic rings. The van der Waals surface area contributed by atoms with Gasteiger partial charge in [-0.15, -0.1) is 0 Å². The van der Waals surface area contributed by atoms with Gasteiger partial charge in [-0.2, -0.15) is 0 Å². The van der Waals surface area contributed by atoms with Gasteiger partial charge in [-0.05, 0) is 41.1 Å². The van der Waals surface area contributed by atoms with E-state index in [4.69, 9.17) is 22.1 Å². The molecule has 0 saturated heterocycles. The fourth-order valence-electron chi connectivity index (χ4n) is 1.75. The molecule has 0 radical (unpaired) electrons. The fraction of sp³-hybridized carbons (Fsp3) is 0.143. The van der Waals surface area contributed by atoms with Crippen LogP contribution >= 0.6 is 27.5 Å². The Morgan fingerprint density at radius 2 is 2.05 bits per heavy atom. The third-order valence-corrected chi connectivity index (χ3v) is 3.44. The molecule has 0 amide bonds. The van der Waals surface area contributed by atoms with Gasteiger partial charge in [0.05, 0.1) is 17.3 Å². The average molecular weight is 360 g/mol. The molecule has 3 N–H and O–H groups in total. The topological polar surface area (TPSA) is 47.3 Å². The summed E-state index contributed by atoms with van der Waals surface area (Å²) in [4.78, 5) is 0. The van der Waals surface area contributed by atoms with Crippen molar-refractivity contribution in [3.63, 3.8) is 0 Å². The Bertz CT molecular complexity index is 614. The molecular formula is C14H13BrClFN2O. The number of anilines is 3. The van der Waals surface area contributed by atoms with E-state index in [2.05, 4.69) is 21.2 Å². The summed E-state index contributed by atoms with van der Waals surface area (Å²) in [5.74, 6) is 0.249. The van der Waals surface area contributed by atoms with Gasteiger partial charge in [0.1, 0.15) is 11.6 Å². The van der Waals surface area contributed by atoms with E-state index in [9.17, 15) is 4.39 Å². The monoisotopic (exact) mass is 358 g/mol. The van der Waals surface area contributed by atoms with E-state index in [1.54, 1.807) is 18.2 Å². The summed E-state index contributed by atoms with van der Waals surface area (Å²) in [5.41, 5.74) is 7.66. The third-order valence-electron chi connectivity index (χ3n) is 2.52. The van der Waals surface area contributed by atoms with Gasteiger partial charge in [0.2, 0.25) is 0 Å². The minimum absolute atomic E-state index is 0.275. The Labute approximate surface area is 130 Å². The van der Waals surface area contributed by atoms with E-state index in [1.165, 1.54) is 12.1 Å². The van der Waals surface area contributed by atoms with Crippen LogP contribution in [0.15, 0.2) is 34.8 Å². The summed E-state index contributed by atoms with van der Waals surface area (Å²) in [6.07, 6.45) is 0. The molecule has 0 saturated carbocycles. The summed E-state index contributed by atoms with van der Waals surface area (Å²) in [6, 6.07) is 7.85. The lowest BCUT2D eigenvalue weighted by Crippen LogP contribution is -1.98. The van der Waals surface area contributed by atoms with Gasteiger partial charge in [0, 0.05) is 28.0 Å². The molecule has 0 aliphatic heterocycles. The predicted octanol–water partition coefficient (Wildman–Crippen LogP) is 4.97. The number of nitrogens with two attached hydrogens (primary N) is 1. The molecule has 0 aromatic heterocycles. The van der Waals surface area contributed by atoms with E-state index in [-0.39, 0.29) is 5.02 Å². The van der Waals surface area contributed by atoms with Crippen LogP contribution in [0.4, 0.5) is 21.5 Å². The van der Waals surface area contributed by atoms with Gasteiger partial charge in [-0.1, -0.05) is 11.6 Å². The van der Waals surface area contributed by atoms with Crippen molar-refractivity contribution >= 4 is 44.6 Å². The van der Waals surface area contributed by atoms with Crippen LogP contribution in [-0.4, -0.2) is 6.61 Å². The highest BCUT2D eigenvalue weighted by Crippen LogP contribution is 2.35. The molecule has 0 aliphatic carbocycles. The highest BCUT2D eigenvalue weighted by atomic mass is 79.9. The second-order valence-corrected chi connectivity index (χ2v) is 5.35. The number of hydrogen-bond donors (Lipinski definition) is 2. The van der Waals surface area contributed by atoms with Crippen molar-refractivity contribution in [2.24, 2.45) is 0 Å². The summed E-state index contributed by atoms with van der Waals surface area (Å²) >= 11 is 9.30. The van der Waals surface area contributed by atoms with E-state index >= 15 is 0 Å². The molecule has 0 fully saturated rings. The number of benzene rings is 2. The summed E-state index contributed by atoms with van der Waals surface area (Å²) in [5, 5.41) is 3.38. The third kappa shape index (κ3) is 3.55. The first-order valence-corrected chi connectivity index (χ1v) is 7.11. The van der Waals surface area contributed by atoms with E-state index in [0.717, 1.165) is 0 Å². The van der Waals surface area contributed by atoms with E-state index < -0.39 is 5.82 Å². The van der Waals surface area contributed by atoms with Crippen LogP contribution in [0.3, 0.4) is 0 Å². The Balaban J connectivity index is 2.35. The van der Waals surface area contributed by atoms with Gasteiger partial charge in [0.15, 0.2) is 0 Å². The predicted molar refractivity (Wildman–Crippen MR) is 84.4 cm³/mol. The number of nitrogen functional groups attached to an aromatic ring is 1. The number of rotatable bonds is 4. The SMILES string of the molecule is CCOc1cc(N)cc(Nc2c(Cl)cc(F)cc2Br)c1. The quantitative estimate of drug-likeness (QED) is 0.758. The Kier molecular flexibility index (Phi) is 4.73. The van der Waals surface area contributed by atoms with Gasteiger partial charge in [-0.3, -0.25) is 0 Å². The van der Waals surface area contributed by atoms with Gasteiger partial charge in [-0.25, -0.2) is 4.39 Å². The van der Waals surface area contributed by atoms with E-state index in [1.807, 2.05) is 6.92 Å². The maximum absolute atomic E-state index is 13.2. The molecule has 2 rings (SSSR count). The molecule has 0 spiro atoms. The Hall–Kier alpha value is -1.46. The van der Waals surface area contributed by atoms with Crippen LogP contribution in [0.5, 0.6) is 5.75 Å². The van der Waals surface area contributed by atoms with Crippen molar-refractivity contribution in [3.8, 4) is 5.75 Å². The first kappa shape index (κ1) is 14.9. The first-order valence-electron chi connectivity index (χ1n) is 5.94. The van der Waals surface area contributed by atoms with Crippen molar-refractivity contribution in [1.82, 2.24) is 0 Å². The van der Waals surface area contributed by atoms with Crippen LogP contribution in [0, 0.1) is 5.82 Å². The van der Waals surface area contributed by atoms with Crippen molar-refractivity contribution in [2.75, 3.05) is 17.7 Å². The van der Waals surface area contributed by atoms with Crippen LogP contribution in [0.2, 0.25) is 5.02 Å². The van der Waals surface area contributed by atoms with Crippen LogP contribution in [0.1, 0.15) is 6.92 Å². The van der Waals surface area contributed by atoms with Crippen LogP contribution in [0.25, 0.3) is 0 Å². The first-order chi connectivity index (χ1) is 9.49. The average Bonchev–Trinajstić information content (AvgIpc) is 2.33. The standard InChI is InChI=1S/C14H13BrClFN2O/c1-2-20-11-6-9(18)5-10(7-11)19-14-12(15)3-8(17)4-13(14)16/h3-7,19H,2,18H2,1H3. The molecule has 0 bridgehead atoms. The fourth-order valence-corrected chi connectivity index (χ4v) is 2.65. The van der Waals surface area contributed by atoms with Gasteiger partial charge < -0.3 is 15.8 Å². The second-order valence-electron chi connectivity index (χ2n) is 4.09. The maximum atomic E-state index is 13.2. The van der Waals surface area contributed by atoms with Crippen LogP contribution in [-0.2, 0) is 0 Å². The van der Waals surface area contributed by atoms with Crippen molar-refractivity contribution in [1.29, 1.82) is 0 Å². The molecule has 6 heteroatoms. The zero-order valence-electron chi connectivity index (χ0n) is 10.7. The van der Waals surface area contributed by atoms with Crippen LogP contribution < -0.4 is 15.8 Å². The lowest BCUT2D eigenvalue weighted by Gasteiger charge is -2.13. The summed E-state index contributed by atoms with van der Waals surface area (Å²) < 4.78 is 19.1. The molecule has 0 aliphatic rings. The molecule has 2 aromatic carbocycles. The van der Waals surface area contributed by atoms with E-state index in [0.29, 0.717) is 33.9 Å². The molecule has 0 atom stereocenters. The van der Waals surface area contributed by atoms with Crippen molar-refractivity contribution < 1.29 is 9.13 Å². The largest absolute Gasteiger partial charge is 0.494 e. The highest BCUT2D eigenvalue weighted by molar-refractivity contribution is 9.10. The van der Waals surface area contributed by atoms with Crippen molar-refractivity contribution in [3.05, 3.63) is 45.6 Å². The highest BCUT2D eigenvalue weighted by Gasteiger charge is 2.09. The summed E-state index contributed by atoms with van der Waals surface area (Å²) in [7, 11) is 0. The Morgan fingerprint density at radius 1 is 1.30 bits per heavy atom. The molecule has 20 heavy (non-hydrogen) atoms. The minimum atomic E-state index is -0.407. The minimum Gasteiger partial charge on any atom is -0.494 e. The smallest absolute Gasteiger partial charge is 0.125 e. The normalized spacial score (nSPS) is 10.4. The zero-order valence-corrected chi connectivity index (χ0v) is 13.1. The number of ether oxygens (including phenoxy) is 1. The summed E-state index contributed by atoms with van der Waals surface area (Å²) in [6.45, 7) is 2.44. The van der Waals surface area contributed by atoms with Gasteiger partial charge in [0.25, 0.3) is 0 Å². The number of nitrogens with one attached hydrogen (secondary N) is 1. The second kappa shape index (κ2) is 6.33. The zero-order chi connectivity index (χ0) is 14.7. The van der Waals surface area contributed by atoms with Crippen molar-refractivity contribution in [2.45, 2.75) is 6.92 Å². The lowest BCUT2D eigenvalue weighted by molar-refractivity contribution is 0.340. The number of halogens is 3. The molecule has 0 heterocycles. The molecule has 3 nitrogen and oxygen atoms in total. The molecule has 0 unspecified atom stereocenters. The lowest BCUT2D eigenvalue weighted by atomic mass is 10.2. The molecule has 106 valence electrons.